The van der Waals surface area contributed by atoms with Crippen LogP contribution in [0.1, 0.15) is 24.5 Å². The third-order valence-corrected chi connectivity index (χ3v) is 5.78. The van der Waals surface area contributed by atoms with Gasteiger partial charge in [-0.3, -0.25) is 14.5 Å². The van der Waals surface area contributed by atoms with E-state index in [1.54, 1.807) is 11.0 Å². The molecule has 1 aliphatic rings. The summed E-state index contributed by atoms with van der Waals surface area (Å²) in [5, 5.41) is 2.98. The Morgan fingerprint density at radius 2 is 1.90 bits per heavy atom. The fourth-order valence-corrected chi connectivity index (χ4v) is 4.12. The zero-order valence-electron chi connectivity index (χ0n) is 16.7. The molecule has 0 bridgehead atoms. The number of benzene rings is 2. The quantitative estimate of drug-likeness (QED) is 0.677. The van der Waals surface area contributed by atoms with E-state index in [1.165, 1.54) is 17.3 Å². The van der Waals surface area contributed by atoms with Crippen molar-refractivity contribution in [3.63, 3.8) is 0 Å². The average molecular weight is 408 g/mol. The number of hydrogen-bond acceptors (Lipinski definition) is 4. The van der Waals surface area contributed by atoms with E-state index in [-0.39, 0.29) is 18.2 Å². The van der Waals surface area contributed by atoms with Crippen LogP contribution in [0.15, 0.2) is 66.2 Å². The summed E-state index contributed by atoms with van der Waals surface area (Å²) in [5.74, 6) is -0.299. The van der Waals surface area contributed by atoms with Gasteiger partial charge in [-0.1, -0.05) is 54.6 Å². The van der Waals surface area contributed by atoms with Crippen LogP contribution < -0.4 is 5.32 Å². The molecule has 1 N–H and O–H groups in total. The number of aryl methyl sites for hydroxylation is 2. The van der Waals surface area contributed by atoms with Crippen molar-refractivity contribution in [2.24, 2.45) is 4.99 Å². The molecular formula is C23H25N3O2S. The van der Waals surface area contributed by atoms with Crippen LogP contribution in [-0.2, 0) is 16.0 Å². The first-order chi connectivity index (χ1) is 14.0. The number of carbonyl (C=O) groups excluding carboxylic acids is 2. The lowest BCUT2D eigenvalue weighted by atomic mass is 10.1. The van der Waals surface area contributed by atoms with E-state index >= 15 is 0 Å². The van der Waals surface area contributed by atoms with Crippen molar-refractivity contribution in [1.82, 2.24) is 4.90 Å². The van der Waals surface area contributed by atoms with Crippen molar-refractivity contribution in [2.75, 3.05) is 11.9 Å². The Hall–Kier alpha value is -2.86. The summed E-state index contributed by atoms with van der Waals surface area (Å²) in [5.41, 5.74) is 3.87. The van der Waals surface area contributed by atoms with Crippen molar-refractivity contribution < 1.29 is 9.59 Å². The molecule has 1 heterocycles. The van der Waals surface area contributed by atoms with Gasteiger partial charge in [-0.2, -0.15) is 0 Å². The van der Waals surface area contributed by atoms with Gasteiger partial charge in [0.05, 0.1) is 5.69 Å². The number of anilines is 1. The number of aliphatic imine (C=N–C) groups is 1. The van der Waals surface area contributed by atoms with E-state index in [0.717, 1.165) is 23.4 Å². The van der Waals surface area contributed by atoms with E-state index in [0.29, 0.717) is 11.7 Å². The van der Waals surface area contributed by atoms with Gasteiger partial charge < -0.3 is 5.32 Å². The molecule has 1 fully saturated rings. The lowest BCUT2D eigenvalue weighted by molar-refractivity contribution is -0.127. The predicted molar refractivity (Wildman–Crippen MR) is 121 cm³/mol. The van der Waals surface area contributed by atoms with E-state index in [9.17, 15) is 9.59 Å². The number of thioether (sulfide) groups is 1. The number of carbonyl (C=O) groups is 2. The number of hydrogen-bond donors (Lipinski definition) is 1. The monoisotopic (exact) mass is 407 g/mol. The van der Waals surface area contributed by atoms with E-state index < -0.39 is 5.25 Å². The molecule has 2 amide bonds. The van der Waals surface area contributed by atoms with Crippen LogP contribution in [0.25, 0.3) is 0 Å². The second-order valence-corrected chi connectivity index (χ2v) is 8.05. The number of rotatable bonds is 7. The maximum absolute atomic E-state index is 12.8. The SMILES string of the molecule is C=CCN1C(=O)[C@H](CC(=O)Nc2ccc(CC)cc2)SC1=Nc1ccc(C)cc1. The number of nitrogens with one attached hydrogen (secondary N) is 1. The largest absolute Gasteiger partial charge is 0.326 e. The second kappa shape index (κ2) is 9.56. The lowest BCUT2D eigenvalue weighted by Crippen LogP contribution is -2.33. The topological polar surface area (TPSA) is 61.8 Å². The molecule has 0 radical (unpaired) electrons. The van der Waals surface area contributed by atoms with Crippen LogP contribution in [0.5, 0.6) is 0 Å². The Kier molecular flexibility index (Phi) is 6.88. The first-order valence-corrected chi connectivity index (χ1v) is 10.5. The van der Waals surface area contributed by atoms with Crippen LogP contribution >= 0.6 is 11.8 Å². The van der Waals surface area contributed by atoms with Gasteiger partial charge >= 0.3 is 0 Å². The van der Waals surface area contributed by atoms with E-state index in [2.05, 4.69) is 23.8 Å². The molecule has 0 aliphatic carbocycles. The molecule has 2 aromatic rings. The van der Waals surface area contributed by atoms with Crippen LogP contribution in [0, 0.1) is 6.92 Å². The fourth-order valence-electron chi connectivity index (χ4n) is 2.96. The zero-order valence-corrected chi connectivity index (χ0v) is 17.5. The highest BCUT2D eigenvalue weighted by Gasteiger charge is 2.38. The number of amides is 2. The Balaban J connectivity index is 1.70. The summed E-state index contributed by atoms with van der Waals surface area (Å²) in [6, 6.07) is 15.5. The van der Waals surface area contributed by atoms with Crippen molar-refractivity contribution in [2.45, 2.75) is 31.9 Å². The molecule has 5 nitrogen and oxygen atoms in total. The highest BCUT2D eigenvalue weighted by molar-refractivity contribution is 8.15. The minimum absolute atomic E-state index is 0.0968. The number of amidine groups is 1. The molecule has 0 aromatic heterocycles. The summed E-state index contributed by atoms with van der Waals surface area (Å²) in [7, 11) is 0. The normalized spacial score (nSPS) is 17.6. The van der Waals surface area contributed by atoms with Gasteiger partial charge in [0.2, 0.25) is 11.8 Å². The molecule has 1 saturated heterocycles. The molecule has 6 heteroatoms. The smallest absolute Gasteiger partial charge is 0.242 e. The maximum atomic E-state index is 12.8. The molecule has 3 rings (SSSR count). The van der Waals surface area contributed by atoms with Gasteiger partial charge in [-0.25, -0.2) is 4.99 Å². The van der Waals surface area contributed by atoms with Gasteiger partial charge in [0, 0.05) is 18.7 Å². The fraction of sp³-hybridized carbons (Fsp3) is 0.261. The minimum Gasteiger partial charge on any atom is -0.326 e. The molecule has 0 spiro atoms. The predicted octanol–water partition coefficient (Wildman–Crippen LogP) is 4.70. The first kappa shape index (κ1) is 20.9. The molecule has 2 aromatic carbocycles. The molecule has 1 aliphatic heterocycles. The van der Waals surface area contributed by atoms with Crippen LogP contribution in [0.3, 0.4) is 0 Å². The molecule has 1 atom stereocenters. The zero-order chi connectivity index (χ0) is 20.8. The summed E-state index contributed by atoms with van der Waals surface area (Å²) in [6.07, 6.45) is 2.71. The summed E-state index contributed by atoms with van der Waals surface area (Å²) >= 11 is 1.33. The Morgan fingerprint density at radius 3 is 2.52 bits per heavy atom. The molecule has 0 saturated carbocycles. The Bertz CT molecular complexity index is 920. The van der Waals surface area contributed by atoms with Crippen molar-refractivity contribution in [3.8, 4) is 0 Å². The van der Waals surface area contributed by atoms with Crippen molar-refractivity contribution in [3.05, 3.63) is 72.3 Å². The number of nitrogens with zero attached hydrogens (tertiary/aromatic N) is 2. The Morgan fingerprint density at radius 1 is 1.21 bits per heavy atom. The average Bonchev–Trinajstić information content (AvgIpc) is 2.99. The molecular weight excluding hydrogens is 382 g/mol. The van der Waals surface area contributed by atoms with Gasteiger partial charge in [0.15, 0.2) is 5.17 Å². The van der Waals surface area contributed by atoms with Crippen LogP contribution in [-0.4, -0.2) is 33.7 Å². The van der Waals surface area contributed by atoms with Crippen LogP contribution in [0.2, 0.25) is 0 Å². The lowest BCUT2D eigenvalue weighted by Gasteiger charge is -2.13. The van der Waals surface area contributed by atoms with Crippen molar-refractivity contribution >= 4 is 40.1 Å². The first-order valence-electron chi connectivity index (χ1n) is 9.63. The minimum atomic E-state index is -0.492. The third kappa shape index (κ3) is 5.35. The second-order valence-electron chi connectivity index (χ2n) is 6.88. The van der Waals surface area contributed by atoms with E-state index in [4.69, 9.17) is 0 Å². The molecule has 29 heavy (non-hydrogen) atoms. The van der Waals surface area contributed by atoms with Crippen molar-refractivity contribution in [1.29, 1.82) is 0 Å². The van der Waals surface area contributed by atoms with Gasteiger partial charge in [-0.15, -0.1) is 6.58 Å². The van der Waals surface area contributed by atoms with Gasteiger partial charge in [0.25, 0.3) is 0 Å². The van der Waals surface area contributed by atoms with Crippen LogP contribution in [0.4, 0.5) is 11.4 Å². The molecule has 0 unspecified atom stereocenters. The Labute approximate surface area is 175 Å². The highest BCUT2D eigenvalue weighted by Crippen LogP contribution is 2.32. The molecule has 150 valence electrons. The third-order valence-electron chi connectivity index (χ3n) is 4.61. The summed E-state index contributed by atoms with van der Waals surface area (Å²) in [6.45, 7) is 8.20. The van der Waals surface area contributed by atoms with Gasteiger partial charge in [-0.05, 0) is 43.2 Å². The highest BCUT2D eigenvalue weighted by atomic mass is 32.2. The summed E-state index contributed by atoms with van der Waals surface area (Å²) in [4.78, 5) is 31.5. The summed E-state index contributed by atoms with van der Waals surface area (Å²) < 4.78 is 0. The van der Waals surface area contributed by atoms with Gasteiger partial charge in [0.1, 0.15) is 5.25 Å². The maximum Gasteiger partial charge on any atom is 0.242 e. The van der Waals surface area contributed by atoms with E-state index in [1.807, 2.05) is 55.5 Å². The standard InChI is InChI=1S/C23H25N3O2S/c1-4-14-26-22(28)20(29-23(26)25-19-10-6-16(3)7-11-19)15-21(27)24-18-12-8-17(5-2)9-13-18/h4,6-13,20H,1,5,14-15H2,2-3H3,(H,24,27)/t20-/m0/s1.